The second kappa shape index (κ2) is 13.0. The minimum Gasteiger partial charge on any atom is -0.496 e. The first-order chi connectivity index (χ1) is 18.1. The Morgan fingerprint density at radius 1 is 1.16 bits per heavy atom. The molecule has 1 N–H and O–H groups in total. The molecule has 3 aromatic rings. The number of ether oxygens (including phenoxy) is 5. The van der Waals surface area contributed by atoms with Gasteiger partial charge in [0.1, 0.15) is 23.9 Å². The number of hydrogen-bond donors (Lipinski definition) is 1. The minimum atomic E-state index is -1.33. The summed E-state index contributed by atoms with van der Waals surface area (Å²) in [6, 6.07) is 14.6. The van der Waals surface area contributed by atoms with Gasteiger partial charge in [-0.2, -0.15) is 0 Å². The van der Waals surface area contributed by atoms with Crippen molar-refractivity contribution in [1.82, 2.24) is 9.97 Å². The molecule has 9 heteroatoms. The maximum Gasteiger partial charge on any atom is 0.335 e. The molecule has 2 atom stereocenters. The molecule has 0 amide bonds. The van der Waals surface area contributed by atoms with Crippen molar-refractivity contribution in [3.05, 3.63) is 66.0 Å². The summed E-state index contributed by atoms with van der Waals surface area (Å²) in [6.07, 6.45) is 2.88. The number of aliphatic hydroxyl groups excluding tert-OH is 1. The summed E-state index contributed by atoms with van der Waals surface area (Å²) >= 11 is 0. The third-order valence-corrected chi connectivity index (χ3v) is 5.85. The molecule has 1 fully saturated rings. The van der Waals surface area contributed by atoms with E-state index in [0.717, 1.165) is 24.8 Å². The van der Waals surface area contributed by atoms with Crippen LogP contribution in [0.25, 0.3) is 11.4 Å². The predicted octanol–water partition coefficient (Wildman–Crippen LogP) is 4.10. The highest BCUT2D eigenvalue weighted by Gasteiger charge is 2.21. The lowest BCUT2D eigenvalue weighted by molar-refractivity contribution is -0.152. The maximum atomic E-state index is 12.1. The van der Waals surface area contributed by atoms with Gasteiger partial charge in [-0.15, -0.1) is 0 Å². The van der Waals surface area contributed by atoms with Gasteiger partial charge < -0.3 is 28.8 Å². The van der Waals surface area contributed by atoms with Crippen molar-refractivity contribution >= 4 is 5.97 Å². The molecule has 0 bridgehead atoms. The summed E-state index contributed by atoms with van der Waals surface area (Å²) in [7, 11) is 1.60. The number of methoxy groups -OCH3 is 1. The third-order valence-electron chi connectivity index (χ3n) is 5.85. The number of esters is 1. The third kappa shape index (κ3) is 7.18. The summed E-state index contributed by atoms with van der Waals surface area (Å²) in [4.78, 5) is 21.1. The Bertz CT molecular complexity index is 1180. The summed E-state index contributed by atoms with van der Waals surface area (Å²) in [5.74, 6) is 1.58. The van der Waals surface area contributed by atoms with Gasteiger partial charge in [0.2, 0.25) is 0 Å². The summed E-state index contributed by atoms with van der Waals surface area (Å²) in [5, 5.41) is 10.4. The van der Waals surface area contributed by atoms with Crippen molar-refractivity contribution in [2.45, 2.75) is 51.6 Å². The zero-order valence-electron chi connectivity index (χ0n) is 21.1. The summed E-state index contributed by atoms with van der Waals surface area (Å²) < 4.78 is 28.1. The fourth-order valence-electron chi connectivity index (χ4n) is 4.00. The van der Waals surface area contributed by atoms with E-state index in [1.54, 1.807) is 44.5 Å². The fraction of sp³-hybridized carbons (Fsp3) is 0.393. The van der Waals surface area contributed by atoms with Crippen LogP contribution in [0.4, 0.5) is 0 Å². The van der Waals surface area contributed by atoms with Crippen LogP contribution in [-0.4, -0.2) is 53.8 Å². The number of aromatic nitrogens is 2. The Balaban J connectivity index is 1.52. The van der Waals surface area contributed by atoms with E-state index in [4.69, 9.17) is 23.7 Å². The van der Waals surface area contributed by atoms with Crippen molar-refractivity contribution in [1.29, 1.82) is 0 Å². The predicted molar refractivity (Wildman–Crippen MR) is 135 cm³/mol. The molecule has 1 unspecified atom stereocenters. The first-order valence-electron chi connectivity index (χ1n) is 12.4. The molecule has 0 aliphatic carbocycles. The Labute approximate surface area is 216 Å². The Morgan fingerprint density at radius 2 is 2.03 bits per heavy atom. The first-order valence-corrected chi connectivity index (χ1v) is 12.4. The van der Waals surface area contributed by atoms with Gasteiger partial charge in [-0.25, -0.2) is 14.8 Å². The van der Waals surface area contributed by atoms with E-state index in [1.807, 2.05) is 24.3 Å². The number of para-hydroxylation sites is 1. The van der Waals surface area contributed by atoms with Gasteiger partial charge in [0.25, 0.3) is 0 Å². The van der Waals surface area contributed by atoms with E-state index >= 15 is 0 Å². The summed E-state index contributed by atoms with van der Waals surface area (Å²) in [6.45, 7) is 2.69. The molecule has 37 heavy (non-hydrogen) atoms. The van der Waals surface area contributed by atoms with Crippen LogP contribution in [0.2, 0.25) is 0 Å². The van der Waals surface area contributed by atoms with E-state index in [1.165, 1.54) is 0 Å². The SMILES string of the molecule is CCOC(=O)[C@H](O)Cc1cc(OC2CCCCO2)ccc1OCc1ccnc(-c2ccccc2OC)n1. The molecule has 9 nitrogen and oxygen atoms in total. The number of aliphatic hydroxyl groups is 1. The molecule has 0 radical (unpaired) electrons. The zero-order chi connectivity index (χ0) is 26.0. The number of hydrogen-bond acceptors (Lipinski definition) is 9. The zero-order valence-corrected chi connectivity index (χ0v) is 21.1. The standard InChI is InChI=1S/C28H32N2O7/c1-3-34-28(32)23(31)17-19-16-21(37-26-10-6-7-15-35-26)11-12-24(19)36-18-20-13-14-29-27(30-20)22-8-4-5-9-25(22)33-2/h4-5,8-9,11-14,16,23,26,31H,3,6-7,10,15,17-18H2,1-2H3/t23-,26?/m1/s1. The lowest BCUT2D eigenvalue weighted by Gasteiger charge is -2.24. The smallest absolute Gasteiger partial charge is 0.335 e. The van der Waals surface area contributed by atoms with Crippen LogP contribution >= 0.6 is 0 Å². The monoisotopic (exact) mass is 508 g/mol. The number of carbonyl (C=O) groups is 1. The molecule has 2 aromatic carbocycles. The number of benzene rings is 2. The average molecular weight is 509 g/mol. The van der Waals surface area contributed by atoms with Crippen LogP contribution in [-0.2, 0) is 27.3 Å². The molecular weight excluding hydrogens is 476 g/mol. The maximum absolute atomic E-state index is 12.1. The van der Waals surface area contributed by atoms with E-state index in [9.17, 15) is 9.90 Å². The van der Waals surface area contributed by atoms with Gasteiger partial charge in [0.15, 0.2) is 18.2 Å². The fourth-order valence-corrected chi connectivity index (χ4v) is 4.00. The largest absolute Gasteiger partial charge is 0.496 e. The van der Waals surface area contributed by atoms with Gasteiger partial charge in [0, 0.05) is 24.6 Å². The number of nitrogens with zero attached hydrogens (tertiary/aromatic N) is 2. The van der Waals surface area contributed by atoms with Crippen LogP contribution in [0.1, 0.15) is 37.4 Å². The molecular formula is C28H32N2O7. The summed E-state index contributed by atoms with van der Waals surface area (Å²) in [5.41, 5.74) is 2.04. The molecule has 1 saturated heterocycles. The van der Waals surface area contributed by atoms with Gasteiger partial charge in [-0.1, -0.05) is 12.1 Å². The number of rotatable bonds is 11. The minimum absolute atomic E-state index is 0.00707. The van der Waals surface area contributed by atoms with E-state index in [-0.39, 0.29) is 25.9 Å². The lowest BCUT2D eigenvalue weighted by atomic mass is 10.1. The molecule has 1 aliphatic heterocycles. The molecule has 1 aliphatic rings. The van der Waals surface area contributed by atoms with Gasteiger partial charge in [0.05, 0.1) is 31.6 Å². The van der Waals surface area contributed by atoms with E-state index < -0.39 is 12.1 Å². The Hall–Kier alpha value is -3.69. The van der Waals surface area contributed by atoms with Crippen molar-refractivity contribution in [2.75, 3.05) is 20.3 Å². The first kappa shape index (κ1) is 26.4. The van der Waals surface area contributed by atoms with Crippen LogP contribution in [0.15, 0.2) is 54.7 Å². The van der Waals surface area contributed by atoms with E-state index in [0.29, 0.717) is 40.9 Å². The topological polar surface area (TPSA) is 109 Å². The number of carbonyl (C=O) groups excluding carboxylic acids is 1. The molecule has 4 rings (SSSR count). The van der Waals surface area contributed by atoms with Crippen LogP contribution in [0, 0.1) is 0 Å². The molecule has 1 aromatic heterocycles. The van der Waals surface area contributed by atoms with Crippen molar-refractivity contribution in [3.63, 3.8) is 0 Å². The quantitative estimate of drug-likeness (QED) is 0.383. The van der Waals surface area contributed by atoms with Crippen molar-refractivity contribution in [3.8, 4) is 28.6 Å². The second-order valence-electron chi connectivity index (χ2n) is 8.52. The highest BCUT2D eigenvalue weighted by Crippen LogP contribution is 2.30. The molecule has 196 valence electrons. The Morgan fingerprint density at radius 3 is 2.81 bits per heavy atom. The van der Waals surface area contributed by atoms with Gasteiger partial charge >= 0.3 is 5.97 Å². The average Bonchev–Trinajstić information content (AvgIpc) is 2.93. The Kier molecular flexibility index (Phi) is 9.29. The van der Waals surface area contributed by atoms with Crippen molar-refractivity contribution in [2.24, 2.45) is 0 Å². The molecule has 2 heterocycles. The van der Waals surface area contributed by atoms with Crippen LogP contribution in [0.5, 0.6) is 17.2 Å². The highest BCUT2D eigenvalue weighted by molar-refractivity contribution is 5.75. The van der Waals surface area contributed by atoms with Crippen LogP contribution in [0.3, 0.4) is 0 Å². The van der Waals surface area contributed by atoms with E-state index in [2.05, 4.69) is 9.97 Å². The van der Waals surface area contributed by atoms with Crippen molar-refractivity contribution < 1.29 is 33.6 Å². The highest BCUT2D eigenvalue weighted by atomic mass is 16.7. The normalized spacial score (nSPS) is 16.0. The van der Waals surface area contributed by atoms with Gasteiger partial charge in [-0.05, 0) is 56.2 Å². The lowest BCUT2D eigenvalue weighted by Crippen LogP contribution is -2.26. The van der Waals surface area contributed by atoms with Crippen LogP contribution < -0.4 is 14.2 Å². The molecule has 0 spiro atoms. The molecule has 0 saturated carbocycles. The second-order valence-corrected chi connectivity index (χ2v) is 8.52. The van der Waals surface area contributed by atoms with Gasteiger partial charge in [-0.3, -0.25) is 0 Å².